The first kappa shape index (κ1) is 26.4. The molecule has 1 rings (SSSR count). The van der Waals surface area contributed by atoms with E-state index in [1.807, 2.05) is 50.4 Å². The van der Waals surface area contributed by atoms with Gasteiger partial charge in [0, 0.05) is 18.4 Å². The molecule has 0 spiro atoms. The quantitative estimate of drug-likeness (QED) is 0.257. The van der Waals surface area contributed by atoms with Crippen molar-refractivity contribution in [1.29, 1.82) is 0 Å². The van der Waals surface area contributed by atoms with Crippen LogP contribution in [0.1, 0.15) is 32.3 Å². The Morgan fingerprint density at radius 2 is 1.81 bits per heavy atom. The van der Waals surface area contributed by atoms with E-state index in [0.29, 0.717) is 18.6 Å². The lowest BCUT2D eigenvalue weighted by Gasteiger charge is -2.19. The van der Waals surface area contributed by atoms with Gasteiger partial charge < -0.3 is 15.4 Å². The van der Waals surface area contributed by atoms with Gasteiger partial charge in [-0.15, -0.1) is 0 Å². The number of thioether (sulfide) groups is 1. The first-order valence-electron chi connectivity index (χ1n) is 10.2. The molecule has 0 fully saturated rings. The molecule has 0 aliphatic rings. The molecule has 0 aliphatic heterocycles. The number of rotatable bonds is 14. The lowest BCUT2D eigenvalue weighted by Crippen LogP contribution is -2.44. The van der Waals surface area contributed by atoms with Gasteiger partial charge in [-0.1, -0.05) is 50.3 Å². The molecule has 1 aromatic carbocycles. The van der Waals surface area contributed by atoms with Crippen LogP contribution in [0.5, 0.6) is 0 Å². The molecule has 0 radical (unpaired) electrons. The average molecular weight is 449 g/mol. The average Bonchev–Trinajstić information content (AvgIpc) is 2.75. The SMILES string of the molecule is COC(=O)[C@H](Cc1ccccc1)NC(=O)/C(=C\C(C)C)CC(=O)[C@H](CCSC)NC=O. The molecule has 8 heteroatoms. The zero-order chi connectivity index (χ0) is 23.2. The third-order valence-corrected chi connectivity index (χ3v) is 5.18. The van der Waals surface area contributed by atoms with Crippen molar-refractivity contribution < 1.29 is 23.9 Å². The van der Waals surface area contributed by atoms with Crippen LogP contribution in [0.4, 0.5) is 0 Å². The van der Waals surface area contributed by atoms with Gasteiger partial charge in [-0.25, -0.2) is 4.79 Å². The number of Topliss-reactive ketones (excluding diaryl/α,β-unsaturated/α-hetero) is 1. The highest BCUT2D eigenvalue weighted by Gasteiger charge is 2.26. The summed E-state index contributed by atoms with van der Waals surface area (Å²) in [5, 5.41) is 5.25. The highest BCUT2D eigenvalue weighted by molar-refractivity contribution is 7.98. The number of allylic oxidation sites excluding steroid dienone is 1. The lowest BCUT2D eigenvalue weighted by atomic mass is 9.98. The van der Waals surface area contributed by atoms with E-state index in [9.17, 15) is 19.2 Å². The van der Waals surface area contributed by atoms with Gasteiger partial charge in [-0.05, 0) is 29.9 Å². The van der Waals surface area contributed by atoms with Gasteiger partial charge >= 0.3 is 5.97 Å². The fraction of sp³-hybridized carbons (Fsp3) is 0.478. The topological polar surface area (TPSA) is 102 Å². The summed E-state index contributed by atoms with van der Waals surface area (Å²) in [6, 6.07) is 7.74. The lowest BCUT2D eigenvalue weighted by molar-refractivity contribution is -0.144. The van der Waals surface area contributed by atoms with Crippen molar-refractivity contribution in [2.75, 3.05) is 19.1 Å². The Morgan fingerprint density at radius 1 is 1.13 bits per heavy atom. The van der Waals surface area contributed by atoms with Crippen LogP contribution < -0.4 is 10.6 Å². The molecule has 1 aromatic rings. The number of hydrogen-bond donors (Lipinski definition) is 2. The molecule has 0 heterocycles. The van der Waals surface area contributed by atoms with Gasteiger partial charge in [-0.3, -0.25) is 14.4 Å². The molecule has 0 saturated carbocycles. The van der Waals surface area contributed by atoms with E-state index >= 15 is 0 Å². The van der Waals surface area contributed by atoms with E-state index in [1.165, 1.54) is 7.11 Å². The van der Waals surface area contributed by atoms with Gasteiger partial charge in [0.15, 0.2) is 5.78 Å². The van der Waals surface area contributed by atoms with Gasteiger partial charge in [0.05, 0.1) is 13.2 Å². The summed E-state index contributed by atoms with van der Waals surface area (Å²) in [6.45, 7) is 3.79. The Hall–Kier alpha value is -2.61. The van der Waals surface area contributed by atoms with E-state index < -0.39 is 24.0 Å². The highest BCUT2D eigenvalue weighted by atomic mass is 32.2. The summed E-state index contributed by atoms with van der Waals surface area (Å²) in [5.74, 6) is -0.589. The van der Waals surface area contributed by atoms with Crippen LogP contribution >= 0.6 is 11.8 Å². The summed E-state index contributed by atoms with van der Waals surface area (Å²) in [4.78, 5) is 48.9. The molecule has 0 aromatic heterocycles. The molecule has 0 unspecified atom stereocenters. The van der Waals surface area contributed by atoms with Crippen molar-refractivity contribution in [3.8, 4) is 0 Å². The zero-order valence-electron chi connectivity index (χ0n) is 18.6. The third kappa shape index (κ3) is 9.83. The maximum atomic E-state index is 13.0. The Labute approximate surface area is 188 Å². The van der Waals surface area contributed by atoms with E-state index in [-0.39, 0.29) is 30.1 Å². The van der Waals surface area contributed by atoms with Crippen LogP contribution in [-0.2, 0) is 30.3 Å². The highest BCUT2D eigenvalue weighted by Crippen LogP contribution is 2.13. The second kappa shape index (κ2) is 14.4. The number of carbonyl (C=O) groups is 4. The molecule has 0 saturated heterocycles. The largest absolute Gasteiger partial charge is 0.467 e. The molecule has 170 valence electrons. The third-order valence-electron chi connectivity index (χ3n) is 4.53. The van der Waals surface area contributed by atoms with E-state index in [2.05, 4.69) is 10.6 Å². The Bertz CT molecular complexity index is 764. The van der Waals surface area contributed by atoms with Crippen LogP contribution in [0.25, 0.3) is 0 Å². The number of amides is 2. The van der Waals surface area contributed by atoms with Crippen LogP contribution in [-0.4, -0.2) is 55.3 Å². The molecule has 2 N–H and O–H groups in total. The van der Waals surface area contributed by atoms with Gasteiger partial charge in [0.1, 0.15) is 6.04 Å². The molecule has 2 atom stereocenters. The maximum absolute atomic E-state index is 13.0. The number of ether oxygens (including phenoxy) is 1. The smallest absolute Gasteiger partial charge is 0.328 e. The van der Waals surface area contributed by atoms with Crippen LogP contribution in [0.3, 0.4) is 0 Å². The fourth-order valence-electron chi connectivity index (χ4n) is 3.02. The minimum atomic E-state index is -0.883. The summed E-state index contributed by atoms with van der Waals surface area (Å²) >= 11 is 1.57. The first-order valence-corrected chi connectivity index (χ1v) is 11.6. The van der Waals surface area contributed by atoms with Gasteiger partial charge in [0.2, 0.25) is 12.3 Å². The first-order chi connectivity index (χ1) is 14.8. The molecular formula is C23H32N2O5S. The number of carbonyl (C=O) groups excluding carboxylic acids is 4. The minimum Gasteiger partial charge on any atom is -0.467 e. The predicted octanol–water partition coefficient (Wildman–Crippen LogP) is 2.30. The number of benzene rings is 1. The van der Waals surface area contributed by atoms with Crippen molar-refractivity contribution in [2.24, 2.45) is 5.92 Å². The Morgan fingerprint density at radius 3 is 2.35 bits per heavy atom. The molecular weight excluding hydrogens is 416 g/mol. The number of methoxy groups -OCH3 is 1. The molecule has 31 heavy (non-hydrogen) atoms. The van der Waals surface area contributed by atoms with Crippen LogP contribution in [0.2, 0.25) is 0 Å². The zero-order valence-corrected chi connectivity index (χ0v) is 19.4. The Balaban J connectivity index is 3.00. The summed E-state index contributed by atoms with van der Waals surface area (Å²) in [7, 11) is 1.27. The number of hydrogen-bond acceptors (Lipinski definition) is 6. The maximum Gasteiger partial charge on any atom is 0.328 e. The van der Waals surface area contributed by atoms with Crippen molar-refractivity contribution >= 4 is 35.8 Å². The van der Waals surface area contributed by atoms with Crippen LogP contribution in [0.15, 0.2) is 42.0 Å². The fourth-order valence-corrected chi connectivity index (χ4v) is 3.49. The van der Waals surface area contributed by atoms with Crippen molar-refractivity contribution in [1.82, 2.24) is 10.6 Å². The standard InChI is InChI=1S/C23H32N2O5S/c1-16(2)12-18(14-21(27)19(24-15-26)10-11-31-4)22(28)25-20(23(29)30-3)13-17-8-6-5-7-9-17/h5-9,12,15-16,19-20H,10-11,13-14H2,1-4H3,(H,24,26)(H,25,28)/b18-12-/t19-,20-/m0/s1. The Kier molecular flexibility index (Phi) is 12.3. The molecule has 0 bridgehead atoms. The van der Waals surface area contributed by atoms with E-state index in [0.717, 1.165) is 5.56 Å². The monoisotopic (exact) mass is 448 g/mol. The van der Waals surface area contributed by atoms with Crippen molar-refractivity contribution in [3.63, 3.8) is 0 Å². The van der Waals surface area contributed by atoms with Crippen molar-refractivity contribution in [3.05, 3.63) is 47.5 Å². The van der Waals surface area contributed by atoms with E-state index in [4.69, 9.17) is 4.74 Å². The second-order valence-corrected chi connectivity index (χ2v) is 8.42. The molecule has 0 aliphatic carbocycles. The summed E-state index contributed by atoms with van der Waals surface area (Å²) in [5.41, 5.74) is 1.14. The number of esters is 1. The van der Waals surface area contributed by atoms with Crippen LogP contribution in [0, 0.1) is 5.92 Å². The van der Waals surface area contributed by atoms with Crippen molar-refractivity contribution in [2.45, 2.75) is 45.2 Å². The molecule has 2 amide bonds. The van der Waals surface area contributed by atoms with Gasteiger partial charge in [-0.2, -0.15) is 11.8 Å². The number of nitrogens with one attached hydrogen (secondary N) is 2. The normalized spacial score (nSPS) is 13.3. The molecule has 7 nitrogen and oxygen atoms in total. The summed E-state index contributed by atoms with van der Waals surface area (Å²) in [6.07, 6.45) is 4.74. The second-order valence-electron chi connectivity index (χ2n) is 7.44. The van der Waals surface area contributed by atoms with Gasteiger partial charge in [0.25, 0.3) is 0 Å². The number of ketones is 1. The predicted molar refractivity (Wildman–Crippen MR) is 123 cm³/mol. The van der Waals surface area contributed by atoms with E-state index in [1.54, 1.807) is 17.8 Å². The minimum absolute atomic E-state index is 0.0166. The summed E-state index contributed by atoms with van der Waals surface area (Å²) < 4.78 is 4.85.